The molecule has 7 heteroatoms. The number of alkyl halides is 3. The molecule has 144 valence electrons. The van der Waals surface area contributed by atoms with Crippen molar-refractivity contribution in [3.63, 3.8) is 0 Å². The fourth-order valence-electron chi connectivity index (χ4n) is 4.52. The van der Waals surface area contributed by atoms with Gasteiger partial charge in [-0.1, -0.05) is 36.8 Å². The second kappa shape index (κ2) is 7.96. The van der Waals surface area contributed by atoms with Crippen molar-refractivity contribution in [1.82, 2.24) is 10.6 Å². The summed E-state index contributed by atoms with van der Waals surface area (Å²) < 4.78 is 40.0. The molecule has 2 aliphatic carbocycles. The molecule has 2 aliphatic rings. The summed E-state index contributed by atoms with van der Waals surface area (Å²) >= 11 is 0. The van der Waals surface area contributed by atoms with Crippen LogP contribution in [0.15, 0.2) is 30.3 Å². The van der Waals surface area contributed by atoms with Gasteiger partial charge in [0.2, 0.25) is 5.91 Å². The third-order valence-corrected chi connectivity index (χ3v) is 5.63. The highest BCUT2D eigenvalue weighted by molar-refractivity contribution is 5.78. The highest BCUT2D eigenvalue weighted by Crippen LogP contribution is 2.39. The minimum atomic E-state index is -4.46. The van der Waals surface area contributed by atoms with Crippen molar-refractivity contribution in [2.45, 2.75) is 56.4 Å². The van der Waals surface area contributed by atoms with Crippen molar-refractivity contribution >= 4 is 5.91 Å². The Kier molecular flexibility index (Phi) is 5.87. The molecule has 1 aromatic rings. The van der Waals surface area contributed by atoms with Gasteiger partial charge >= 0.3 is 6.18 Å². The largest absolute Gasteiger partial charge is 0.407 e. The van der Waals surface area contributed by atoms with Crippen LogP contribution in [-0.4, -0.2) is 30.7 Å². The van der Waals surface area contributed by atoms with E-state index in [4.69, 9.17) is 5.73 Å². The third kappa shape index (κ3) is 4.57. The zero-order valence-corrected chi connectivity index (χ0v) is 14.6. The van der Waals surface area contributed by atoms with Crippen molar-refractivity contribution < 1.29 is 18.0 Å². The standard InChI is InChI=1S/C19H26F3N3O/c20-19(21,22)18(12-5-2-1-3-6-12)24-11-16(26)25-17-13-7-4-8-14(17)10-15(23)9-13/h1-3,5-6,13-15,17-18,24H,4,7-11,23H2,(H,25,26). The van der Waals surface area contributed by atoms with Gasteiger partial charge < -0.3 is 11.1 Å². The average molecular weight is 369 g/mol. The molecule has 0 radical (unpaired) electrons. The molecule has 3 rings (SSSR count). The SMILES string of the molecule is NC1CC2CCCC(C1)C2NC(=O)CNC(c1ccccc1)C(F)(F)F. The number of fused-ring (bicyclic) bond motifs is 2. The van der Waals surface area contributed by atoms with Crippen molar-refractivity contribution in [2.75, 3.05) is 6.54 Å². The zero-order valence-electron chi connectivity index (χ0n) is 14.6. The lowest BCUT2D eigenvalue weighted by Gasteiger charge is -2.45. The van der Waals surface area contributed by atoms with Crippen LogP contribution in [0.2, 0.25) is 0 Å². The average Bonchev–Trinajstić information content (AvgIpc) is 2.55. The molecule has 0 spiro atoms. The van der Waals surface area contributed by atoms with E-state index in [-0.39, 0.29) is 30.1 Å². The van der Waals surface area contributed by atoms with Crippen LogP contribution in [0.5, 0.6) is 0 Å². The number of amides is 1. The Labute approximate surface area is 151 Å². The van der Waals surface area contributed by atoms with Gasteiger partial charge in [0, 0.05) is 12.1 Å². The van der Waals surface area contributed by atoms with Gasteiger partial charge in [0.15, 0.2) is 0 Å². The third-order valence-electron chi connectivity index (χ3n) is 5.63. The molecule has 2 bridgehead atoms. The summed E-state index contributed by atoms with van der Waals surface area (Å²) in [4.78, 5) is 12.3. The monoisotopic (exact) mass is 369 g/mol. The summed E-state index contributed by atoms with van der Waals surface area (Å²) in [5.41, 5.74) is 6.18. The topological polar surface area (TPSA) is 67.1 Å². The Morgan fingerprint density at radius 2 is 1.77 bits per heavy atom. The van der Waals surface area contributed by atoms with Gasteiger partial charge in [-0.25, -0.2) is 0 Å². The maximum atomic E-state index is 13.3. The first-order valence-corrected chi connectivity index (χ1v) is 9.24. The van der Waals surface area contributed by atoms with Gasteiger partial charge in [-0.2, -0.15) is 13.2 Å². The normalized spacial score (nSPS) is 29.8. The molecule has 4 N–H and O–H groups in total. The number of halogens is 3. The van der Waals surface area contributed by atoms with Crippen LogP contribution in [0, 0.1) is 11.8 Å². The number of nitrogens with two attached hydrogens (primary N) is 1. The fourth-order valence-corrected chi connectivity index (χ4v) is 4.52. The number of hydrogen-bond donors (Lipinski definition) is 3. The van der Waals surface area contributed by atoms with Crippen LogP contribution in [0.1, 0.15) is 43.7 Å². The van der Waals surface area contributed by atoms with E-state index in [0.29, 0.717) is 11.8 Å². The first-order valence-electron chi connectivity index (χ1n) is 9.24. The molecule has 26 heavy (non-hydrogen) atoms. The summed E-state index contributed by atoms with van der Waals surface area (Å²) in [5.74, 6) is 0.301. The van der Waals surface area contributed by atoms with E-state index >= 15 is 0 Å². The van der Waals surface area contributed by atoms with Crippen molar-refractivity contribution in [1.29, 1.82) is 0 Å². The van der Waals surface area contributed by atoms with Crippen LogP contribution in [0.3, 0.4) is 0 Å². The molecular formula is C19H26F3N3O. The van der Waals surface area contributed by atoms with E-state index in [9.17, 15) is 18.0 Å². The predicted molar refractivity (Wildman–Crippen MR) is 93.2 cm³/mol. The minimum absolute atomic E-state index is 0.0407. The van der Waals surface area contributed by atoms with E-state index in [1.54, 1.807) is 18.2 Å². The van der Waals surface area contributed by atoms with Gasteiger partial charge in [0.1, 0.15) is 6.04 Å². The molecule has 0 heterocycles. The number of rotatable bonds is 5. The Hall–Kier alpha value is -1.60. The Morgan fingerprint density at radius 1 is 1.15 bits per heavy atom. The Bertz CT molecular complexity index is 594. The first-order chi connectivity index (χ1) is 12.3. The van der Waals surface area contributed by atoms with Gasteiger partial charge in [0.05, 0.1) is 6.54 Å². The van der Waals surface area contributed by atoms with Crippen LogP contribution in [-0.2, 0) is 4.79 Å². The summed E-state index contributed by atoms with van der Waals surface area (Å²) in [6.45, 7) is -0.360. The summed E-state index contributed by atoms with van der Waals surface area (Å²) in [5, 5.41) is 5.35. The van der Waals surface area contributed by atoms with E-state index in [1.165, 1.54) is 12.1 Å². The predicted octanol–water partition coefficient (Wildman–Crippen LogP) is 2.90. The van der Waals surface area contributed by atoms with E-state index in [2.05, 4.69) is 10.6 Å². The Morgan fingerprint density at radius 3 is 2.35 bits per heavy atom. The zero-order chi connectivity index (χ0) is 18.7. The van der Waals surface area contributed by atoms with Crippen LogP contribution < -0.4 is 16.4 Å². The molecule has 4 nitrogen and oxygen atoms in total. The molecule has 0 saturated heterocycles. The number of hydrogen-bond acceptors (Lipinski definition) is 3. The second-order valence-corrected chi connectivity index (χ2v) is 7.54. The molecular weight excluding hydrogens is 343 g/mol. The molecule has 2 fully saturated rings. The lowest BCUT2D eigenvalue weighted by Crippen LogP contribution is -2.55. The fraction of sp³-hybridized carbons (Fsp3) is 0.632. The smallest absolute Gasteiger partial charge is 0.352 e. The molecule has 1 amide bonds. The van der Waals surface area contributed by atoms with E-state index in [1.807, 2.05) is 0 Å². The summed E-state index contributed by atoms with van der Waals surface area (Å²) in [6, 6.07) is 5.96. The number of carbonyl (C=O) groups excluding carboxylic acids is 1. The quantitative estimate of drug-likeness (QED) is 0.748. The number of benzene rings is 1. The Balaban J connectivity index is 1.59. The molecule has 0 aromatic heterocycles. The van der Waals surface area contributed by atoms with Crippen molar-refractivity contribution in [3.8, 4) is 0 Å². The van der Waals surface area contributed by atoms with Gasteiger partial charge in [-0.05, 0) is 43.1 Å². The number of nitrogens with one attached hydrogen (secondary N) is 2. The lowest BCUT2D eigenvalue weighted by atomic mass is 9.67. The van der Waals surface area contributed by atoms with Crippen LogP contribution in [0.4, 0.5) is 13.2 Å². The maximum Gasteiger partial charge on any atom is 0.407 e. The van der Waals surface area contributed by atoms with Crippen LogP contribution >= 0.6 is 0 Å². The van der Waals surface area contributed by atoms with E-state index in [0.717, 1.165) is 32.1 Å². The highest BCUT2D eigenvalue weighted by Gasteiger charge is 2.42. The van der Waals surface area contributed by atoms with Crippen LogP contribution in [0.25, 0.3) is 0 Å². The van der Waals surface area contributed by atoms with Gasteiger partial charge in [0.25, 0.3) is 0 Å². The highest BCUT2D eigenvalue weighted by atomic mass is 19.4. The summed E-state index contributed by atoms with van der Waals surface area (Å²) in [6.07, 6.45) is 0.482. The molecule has 0 aliphatic heterocycles. The van der Waals surface area contributed by atoms with E-state index < -0.39 is 12.2 Å². The molecule has 3 unspecified atom stereocenters. The van der Waals surface area contributed by atoms with Crippen molar-refractivity contribution in [2.24, 2.45) is 17.6 Å². The molecule has 2 saturated carbocycles. The molecule has 1 aromatic carbocycles. The minimum Gasteiger partial charge on any atom is -0.352 e. The van der Waals surface area contributed by atoms with Crippen molar-refractivity contribution in [3.05, 3.63) is 35.9 Å². The van der Waals surface area contributed by atoms with Gasteiger partial charge in [-0.15, -0.1) is 0 Å². The van der Waals surface area contributed by atoms with Gasteiger partial charge in [-0.3, -0.25) is 10.1 Å². The summed E-state index contributed by atoms with van der Waals surface area (Å²) in [7, 11) is 0. The first kappa shape index (κ1) is 19.2. The second-order valence-electron chi connectivity index (χ2n) is 7.54. The molecule has 3 atom stereocenters. The maximum absolute atomic E-state index is 13.3. The lowest BCUT2D eigenvalue weighted by molar-refractivity contribution is -0.158. The number of carbonyl (C=O) groups is 1.